The monoisotopic (exact) mass is 505 g/mol. The number of hydrogen-bond acceptors (Lipinski definition) is 3. The molecular weight excluding hydrogens is 476 g/mol. The highest BCUT2D eigenvalue weighted by atomic mass is 79.9. The summed E-state index contributed by atoms with van der Waals surface area (Å²) in [6.07, 6.45) is 4.93. The van der Waals surface area contributed by atoms with Gasteiger partial charge in [0.15, 0.2) is 4.83 Å². The second-order valence-corrected chi connectivity index (χ2v) is 10.6. The van der Waals surface area contributed by atoms with E-state index in [4.69, 9.17) is 0 Å². The summed E-state index contributed by atoms with van der Waals surface area (Å²) in [6.45, 7) is 1.88. The smallest absolute Gasteiger partial charge is 0.270 e. The highest BCUT2D eigenvalue weighted by Gasteiger charge is 2.66. The molecule has 1 N–H and O–H groups in total. The lowest BCUT2D eigenvalue weighted by Crippen LogP contribution is -2.82. The normalized spacial score (nSPS) is 23.7. The highest BCUT2D eigenvalue weighted by Crippen LogP contribution is 2.37. The maximum atomic E-state index is 13.2. The first-order valence-electron chi connectivity index (χ1n) is 10.7. The molecule has 0 radical (unpaired) electrons. The number of nitrogens with zero attached hydrogens (tertiary/aromatic N) is 1. The summed E-state index contributed by atoms with van der Waals surface area (Å²) in [6, 6.07) is 20.0. The number of amides is 2. The van der Waals surface area contributed by atoms with Gasteiger partial charge in [-0.2, -0.15) is 5.43 Å². The number of hydrogen-bond donors (Lipinski definition) is 1. The van der Waals surface area contributed by atoms with E-state index < -0.39 is 21.0 Å². The number of quaternary nitrogens is 1. The fourth-order valence-electron chi connectivity index (χ4n) is 4.15. The molecule has 3 rings (SSSR count). The van der Waals surface area contributed by atoms with Crippen LogP contribution in [-0.4, -0.2) is 37.4 Å². The molecule has 1 aliphatic rings. The summed E-state index contributed by atoms with van der Waals surface area (Å²) < 4.78 is 13.0. The van der Waals surface area contributed by atoms with Crippen molar-refractivity contribution in [2.24, 2.45) is 0 Å². The van der Waals surface area contributed by atoms with E-state index in [1.54, 1.807) is 0 Å². The van der Waals surface area contributed by atoms with Crippen molar-refractivity contribution < 1.29 is 18.4 Å². The van der Waals surface area contributed by atoms with Crippen molar-refractivity contribution >= 4 is 38.5 Å². The molecule has 0 bridgehead atoms. The molecule has 0 aliphatic carbocycles. The summed E-state index contributed by atoms with van der Waals surface area (Å²) in [5.41, 5.74) is 5.13. The van der Waals surface area contributed by atoms with Gasteiger partial charge in [-0.05, 0) is 36.8 Å². The zero-order valence-corrected chi connectivity index (χ0v) is 20.2. The van der Waals surface area contributed by atoms with Gasteiger partial charge in [-0.3, -0.25) is 9.00 Å². The number of likely N-dealkylation sites (tertiary alicyclic amines) is 1. The Bertz CT molecular complexity index is 910. The molecule has 0 spiro atoms. The number of aryl methyl sites for hydroxylation is 1. The molecule has 2 aromatic carbocycles. The van der Waals surface area contributed by atoms with Gasteiger partial charge >= 0.3 is 5.91 Å². The van der Waals surface area contributed by atoms with Crippen LogP contribution in [0, 0.1) is 0 Å². The predicted octanol–water partition coefficient (Wildman–Crippen LogP) is 4.24. The second-order valence-electron chi connectivity index (χ2n) is 8.05. The van der Waals surface area contributed by atoms with Crippen LogP contribution in [0.15, 0.2) is 60.7 Å². The number of unbranched alkanes of at least 4 members (excludes halogenated alkanes) is 3. The maximum Gasteiger partial charge on any atom is 0.360 e. The minimum Gasteiger partial charge on any atom is -0.270 e. The number of nitrogens with one attached hydrogen (secondary N) is 1. The molecule has 5 nitrogen and oxygen atoms in total. The van der Waals surface area contributed by atoms with Crippen molar-refractivity contribution in [2.45, 2.75) is 55.0 Å². The van der Waals surface area contributed by atoms with Crippen LogP contribution >= 0.6 is 15.9 Å². The zero-order valence-electron chi connectivity index (χ0n) is 17.8. The lowest BCUT2D eigenvalue weighted by atomic mass is 10.1. The Labute approximate surface area is 195 Å². The van der Waals surface area contributed by atoms with Crippen LogP contribution in [0.25, 0.3) is 0 Å². The zero-order chi connectivity index (χ0) is 22.3. The summed E-state index contributed by atoms with van der Waals surface area (Å²) in [5.74, 6) is -0.0400. The van der Waals surface area contributed by atoms with Crippen LogP contribution < -0.4 is 5.43 Å². The Morgan fingerprint density at radius 2 is 1.55 bits per heavy atom. The molecule has 1 heterocycles. The number of benzene rings is 2. The Balaban J connectivity index is 1.58. The molecule has 2 aromatic rings. The van der Waals surface area contributed by atoms with Crippen molar-refractivity contribution in [2.75, 3.05) is 6.54 Å². The van der Waals surface area contributed by atoms with Crippen LogP contribution in [-0.2, 0) is 32.6 Å². The molecular formula is C24H30BrN2O3S+. The van der Waals surface area contributed by atoms with Crippen molar-refractivity contribution in [3.05, 3.63) is 71.8 Å². The molecule has 0 saturated carbocycles. The molecule has 2 amide bonds. The Kier molecular flexibility index (Phi) is 8.58. The second kappa shape index (κ2) is 11.2. The Morgan fingerprint density at radius 3 is 2.16 bits per heavy atom. The summed E-state index contributed by atoms with van der Waals surface area (Å²) in [7, 11) is -1.31. The number of rotatable bonds is 11. The first kappa shape index (κ1) is 23.8. The van der Waals surface area contributed by atoms with E-state index in [1.165, 1.54) is 12.5 Å². The van der Waals surface area contributed by atoms with Gasteiger partial charge in [-0.15, -0.1) is 4.59 Å². The van der Waals surface area contributed by atoms with E-state index in [-0.39, 0.29) is 16.4 Å². The van der Waals surface area contributed by atoms with Gasteiger partial charge < -0.3 is 0 Å². The lowest BCUT2D eigenvalue weighted by Gasteiger charge is -2.49. The number of β-lactam (4-membered cyclic amide) rings is 1. The third kappa shape index (κ3) is 5.90. The van der Waals surface area contributed by atoms with Crippen LogP contribution in [0.4, 0.5) is 0 Å². The largest absolute Gasteiger partial charge is 0.360 e. The van der Waals surface area contributed by atoms with Crippen LogP contribution in [0.2, 0.25) is 0 Å². The van der Waals surface area contributed by atoms with E-state index in [2.05, 4.69) is 45.6 Å². The number of carbonyl (C=O) groups is 2. The standard InChI is InChI=1S/C24H29BrN2O3S/c1-19(28)26-27(17-11-3-2-6-12-20-13-7-4-8-14-20)23(29)22(25)24(27)31(30)18-21-15-9-5-10-16-21/h4-5,7-10,13-16,22,24H,2-3,6,11-12,17-18H2,1H3/p+1/t22-,24+,27?,31?/m0/s1. The molecule has 7 heteroatoms. The fraction of sp³-hybridized carbons (Fsp3) is 0.417. The van der Waals surface area contributed by atoms with Crippen LogP contribution in [0.1, 0.15) is 43.7 Å². The van der Waals surface area contributed by atoms with Crippen molar-refractivity contribution in [3.63, 3.8) is 0 Å². The summed E-state index contributed by atoms with van der Waals surface area (Å²) >= 11 is 3.42. The third-order valence-corrected chi connectivity index (χ3v) is 8.69. The topological polar surface area (TPSA) is 63.2 Å². The van der Waals surface area contributed by atoms with E-state index in [0.717, 1.165) is 37.7 Å². The van der Waals surface area contributed by atoms with Gasteiger partial charge in [0.05, 0.1) is 16.6 Å². The van der Waals surface area contributed by atoms with Crippen molar-refractivity contribution in [1.82, 2.24) is 5.43 Å². The number of halogens is 1. The summed E-state index contributed by atoms with van der Waals surface area (Å²) in [5, 5.41) is -0.485. The molecule has 1 fully saturated rings. The molecule has 2 unspecified atom stereocenters. The lowest BCUT2D eigenvalue weighted by molar-refractivity contribution is -0.922. The predicted molar refractivity (Wildman–Crippen MR) is 127 cm³/mol. The van der Waals surface area contributed by atoms with Gasteiger partial charge in [0.2, 0.25) is 5.37 Å². The average molecular weight is 506 g/mol. The van der Waals surface area contributed by atoms with Crippen LogP contribution in [0.5, 0.6) is 0 Å². The maximum absolute atomic E-state index is 13.2. The first-order valence-corrected chi connectivity index (χ1v) is 13.0. The van der Waals surface area contributed by atoms with E-state index in [1.807, 2.05) is 36.4 Å². The molecule has 4 atom stereocenters. The molecule has 0 aromatic heterocycles. The molecule has 1 saturated heterocycles. The minimum absolute atomic E-state index is 0.120. The quantitative estimate of drug-likeness (QED) is 0.215. The Morgan fingerprint density at radius 1 is 0.968 bits per heavy atom. The SMILES string of the molecule is CC(=O)N[N+]1(CCCCCCc2ccccc2)C(=O)[C@H](Br)[C@H]1S(=O)Cc1ccccc1. The Hall–Kier alpha value is -1.83. The fourth-order valence-corrected chi connectivity index (χ4v) is 7.38. The number of carbonyl (C=O) groups excluding carboxylic acids is 2. The molecule has 166 valence electrons. The highest BCUT2D eigenvalue weighted by molar-refractivity contribution is 9.10. The van der Waals surface area contributed by atoms with Gasteiger partial charge in [0, 0.05) is 6.92 Å². The number of alkyl halides is 1. The first-order chi connectivity index (χ1) is 14.9. The van der Waals surface area contributed by atoms with E-state index >= 15 is 0 Å². The molecule has 1 aliphatic heterocycles. The van der Waals surface area contributed by atoms with Crippen molar-refractivity contribution in [1.29, 1.82) is 0 Å². The molecule has 31 heavy (non-hydrogen) atoms. The summed E-state index contributed by atoms with van der Waals surface area (Å²) in [4.78, 5) is 24.3. The third-order valence-electron chi connectivity index (χ3n) is 5.66. The van der Waals surface area contributed by atoms with Gasteiger partial charge in [0.1, 0.15) is 6.54 Å². The van der Waals surface area contributed by atoms with Crippen LogP contribution in [0.3, 0.4) is 0 Å². The average Bonchev–Trinajstić information content (AvgIpc) is 2.76. The minimum atomic E-state index is -1.31. The van der Waals surface area contributed by atoms with Gasteiger partial charge in [-0.1, -0.05) is 83.0 Å². The van der Waals surface area contributed by atoms with Gasteiger partial charge in [0.25, 0.3) is 5.91 Å². The van der Waals surface area contributed by atoms with Gasteiger partial charge in [-0.25, -0.2) is 4.79 Å². The van der Waals surface area contributed by atoms with E-state index in [0.29, 0.717) is 12.3 Å². The van der Waals surface area contributed by atoms with Crippen molar-refractivity contribution in [3.8, 4) is 0 Å². The van der Waals surface area contributed by atoms with E-state index in [9.17, 15) is 13.8 Å².